The Morgan fingerprint density at radius 2 is 1.67 bits per heavy atom. The molecule has 3 heteroatoms. The van der Waals surface area contributed by atoms with E-state index in [1.165, 1.54) is 32.4 Å². The first-order valence-corrected chi connectivity index (χ1v) is 3.75. The molecule has 0 bridgehead atoms. The van der Waals surface area contributed by atoms with Crippen LogP contribution in [-0.4, -0.2) is 18.6 Å². The lowest BCUT2D eigenvalue weighted by atomic mass is 10.2. The maximum absolute atomic E-state index is 4.54. The summed E-state index contributed by atoms with van der Waals surface area (Å²) in [6, 6.07) is 0. The maximum Gasteiger partial charge on any atom is 0.0588 e. The van der Waals surface area contributed by atoms with Gasteiger partial charge in [-0.25, -0.2) is 0 Å². The molecule has 1 rings (SSSR count). The average Bonchev–Trinajstić information content (AvgIpc) is 1.93. The standard InChI is InChI=1S/C5H11N.CH3NS/c1-2-4-6-5-3-1;2-1-3/h6H,1-5H2;1H,(H2,2,3). The van der Waals surface area contributed by atoms with Gasteiger partial charge >= 0.3 is 0 Å². The number of hydrogen-bond acceptors (Lipinski definition) is 2. The van der Waals surface area contributed by atoms with Crippen LogP contribution in [0.3, 0.4) is 0 Å². The Hall–Kier alpha value is -0.150. The van der Waals surface area contributed by atoms with E-state index in [1.807, 2.05) is 0 Å². The number of hydrogen-bond donors (Lipinski definition) is 2. The first-order valence-electron chi connectivity index (χ1n) is 3.28. The van der Waals surface area contributed by atoms with Gasteiger partial charge in [0, 0.05) is 0 Å². The molecular weight excluding hydrogens is 132 g/mol. The Balaban J connectivity index is 0.000000187. The molecule has 0 aromatic carbocycles. The van der Waals surface area contributed by atoms with Gasteiger partial charge in [0.2, 0.25) is 0 Å². The molecule has 0 spiro atoms. The van der Waals surface area contributed by atoms with Crippen LogP contribution in [0.4, 0.5) is 0 Å². The second-order valence-electron chi connectivity index (χ2n) is 1.95. The molecule has 3 N–H and O–H groups in total. The molecule has 1 fully saturated rings. The van der Waals surface area contributed by atoms with Crippen molar-refractivity contribution >= 4 is 17.7 Å². The number of thiocarbonyl (C=S) groups is 1. The van der Waals surface area contributed by atoms with Gasteiger partial charge in [-0.05, 0) is 25.9 Å². The van der Waals surface area contributed by atoms with Crippen molar-refractivity contribution in [1.29, 1.82) is 0 Å². The van der Waals surface area contributed by atoms with Crippen molar-refractivity contribution in [3.63, 3.8) is 0 Å². The summed E-state index contributed by atoms with van der Waals surface area (Å²) in [6.07, 6.45) is 4.22. The van der Waals surface area contributed by atoms with Gasteiger partial charge in [0.15, 0.2) is 0 Å². The van der Waals surface area contributed by atoms with Crippen molar-refractivity contribution in [2.45, 2.75) is 19.3 Å². The second kappa shape index (κ2) is 7.85. The van der Waals surface area contributed by atoms with Gasteiger partial charge in [0.25, 0.3) is 0 Å². The largest absolute Gasteiger partial charge is 0.396 e. The van der Waals surface area contributed by atoms with E-state index in [-0.39, 0.29) is 0 Å². The van der Waals surface area contributed by atoms with Crippen LogP contribution >= 0.6 is 12.2 Å². The molecule has 2 nitrogen and oxygen atoms in total. The smallest absolute Gasteiger partial charge is 0.0588 e. The summed E-state index contributed by atoms with van der Waals surface area (Å²) in [4.78, 5) is 0. The third-order valence-electron chi connectivity index (χ3n) is 1.21. The van der Waals surface area contributed by atoms with Gasteiger partial charge in [0.05, 0.1) is 5.49 Å². The van der Waals surface area contributed by atoms with Gasteiger partial charge < -0.3 is 11.1 Å². The minimum absolute atomic E-state index is 1.08. The van der Waals surface area contributed by atoms with E-state index in [4.69, 9.17) is 0 Å². The van der Waals surface area contributed by atoms with Crippen molar-refractivity contribution < 1.29 is 0 Å². The number of rotatable bonds is 0. The van der Waals surface area contributed by atoms with E-state index in [0.29, 0.717) is 0 Å². The Labute approximate surface area is 61.8 Å². The predicted octanol–water partition coefficient (Wildman–Crippen LogP) is 0.662. The number of nitrogens with two attached hydrogens (primary N) is 1. The van der Waals surface area contributed by atoms with Crippen LogP contribution < -0.4 is 11.1 Å². The Morgan fingerprint density at radius 1 is 1.22 bits per heavy atom. The van der Waals surface area contributed by atoms with Crippen LogP contribution in [0.5, 0.6) is 0 Å². The van der Waals surface area contributed by atoms with E-state index in [1.54, 1.807) is 0 Å². The molecule has 0 aromatic rings. The number of nitrogens with one attached hydrogen (secondary N) is 1. The van der Waals surface area contributed by atoms with Gasteiger partial charge in [-0.2, -0.15) is 0 Å². The Morgan fingerprint density at radius 3 is 1.78 bits per heavy atom. The molecule has 0 aromatic heterocycles. The van der Waals surface area contributed by atoms with Crippen LogP contribution in [0, 0.1) is 0 Å². The zero-order valence-corrected chi connectivity index (χ0v) is 6.41. The summed E-state index contributed by atoms with van der Waals surface area (Å²) in [5, 5.41) is 3.28. The fraction of sp³-hybridized carbons (Fsp3) is 0.833. The van der Waals surface area contributed by atoms with Gasteiger partial charge in [0.1, 0.15) is 0 Å². The van der Waals surface area contributed by atoms with Crippen LogP contribution in [0.1, 0.15) is 19.3 Å². The third kappa shape index (κ3) is 7.85. The summed E-state index contributed by atoms with van der Waals surface area (Å²) in [6.45, 7) is 2.50. The quantitative estimate of drug-likeness (QED) is 0.493. The predicted molar refractivity (Wildman–Crippen MR) is 44.6 cm³/mol. The molecule has 0 aliphatic carbocycles. The minimum Gasteiger partial charge on any atom is -0.396 e. The molecule has 1 aliphatic rings. The molecule has 54 valence electrons. The van der Waals surface area contributed by atoms with E-state index >= 15 is 0 Å². The minimum atomic E-state index is 1.08. The monoisotopic (exact) mass is 146 g/mol. The van der Waals surface area contributed by atoms with Crippen molar-refractivity contribution in [1.82, 2.24) is 5.32 Å². The van der Waals surface area contributed by atoms with Crippen LogP contribution in [0.25, 0.3) is 0 Å². The fourth-order valence-electron chi connectivity index (χ4n) is 0.802. The summed E-state index contributed by atoms with van der Waals surface area (Å²) in [7, 11) is 0. The Bertz CT molecular complexity index is 50.6. The van der Waals surface area contributed by atoms with Crippen molar-refractivity contribution in [2.24, 2.45) is 5.73 Å². The van der Waals surface area contributed by atoms with E-state index in [9.17, 15) is 0 Å². The third-order valence-corrected chi connectivity index (χ3v) is 1.21. The number of piperidine rings is 1. The highest BCUT2D eigenvalue weighted by Crippen LogP contribution is 1.96. The van der Waals surface area contributed by atoms with Crippen LogP contribution in [0.2, 0.25) is 0 Å². The van der Waals surface area contributed by atoms with E-state index in [2.05, 4.69) is 23.3 Å². The highest BCUT2D eigenvalue weighted by molar-refractivity contribution is 7.78. The zero-order chi connectivity index (χ0) is 6.95. The van der Waals surface area contributed by atoms with Gasteiger partial charge in [-0.15, -0.1) is 0 Å². The van der Waals surface area contributed by atoms with Crippen molar-refractivity contribution in [2.75, 3.05) is 13.1 Å². The lowest BCUT2D eigenvalue weighted by Crippen LogP contribution is -2.21. The molecule has 0 amide bonds. The molecule has 0 atom stereocenters. The first-order chi connectivity index (χ1) is 4.41. The first kappa shape index (κ1) is 8.85. The fourth-order valence-corrected chi connectivity index (χ4v) is 0.802. The lowest BCUT2D eigenvalue weighted by Gasteiger charge is -2.08. The summed E-state index contributed by atoms with van der Waals surface area (Å²) in [5.74, 6) is 0. The topological polar surface area (TPSA) is 38.0 Å². The second-order valence-corrected chi connectivity index (χ2v) is 2.22. The summed E-state index contributed by atoms with van der Waals surface area (Å²) >= 11 is 4.05. The lowest BCUT2D eigenvalue weighted by molar-refractivity contribution is 0.520. The Kier molecular flexibility index (Phi) is 7.72. The molecule has 0 radical (unpaired) electrons. The van der Waals surface area contributed by atoms with Crippen molar-refractivity contribution in [3.8, 4) is 0 Å². The summed E-state index contributed by atoms with van der Waals surface area (Å²) < 4.78 is 0. The average molecular weight is 146 g/mol. The SMILES string of the molecule is C1CCNCC1.NC=S. The molecule has 1 saturated heterocycles. The molecule has 9 heavy (non-hydrogen) atoms. The molecule has 1 heterocycles. The molecule has 0 unspecified atom stereocenters. The van der Waals surface area contributed by atoms with Gasteiger partial charge in [-0.1, -0.05) is 18.6 Å². The molecule has 0 saturated carbocycles. The van der Waals surface area contributed by atoms with E-state index in [0.717, 1.165) is 5.49 Å². The van der Waals surface area contributed by atoms with E-state index < -0.39 is 0 Å². The normalized spacial score (nSPS) is 17.3. The zero-order valence-electron chi connectivity index (χ0n) is 5.60. The highest BCUT2D eigenvalue weighted by Gasteiger charge is 1.93. The molecular formula is C6H14N2S. The molecule has 1 aliphatic heterocycles. The van der Waals surface area contributed by atoms with Crippen LogP contribution in [0.15, 0.2) is 0 Å². The maximum atomic E-state index is 4.54. The highest BCUT2D eigenvalue weighted by atomic mass is 32.1. The van der Waals surface area contributed by atoms with Gasteiger partial charge in [-0.3, -0.25) is 0 Å². The van der Waals surface area contributed by atoms with Crippen LogP contribution in [-0.2, 0) is 0 Å². The van der Waals surface area contributed by atoms with Crippen molar-refractivity contribution in [3.05, 3.63) is 0 Å². The summed E-state index contributed by atoms with van der Waals surface area (Å²) in [5.41, 5.74) is 5.62.